The smallest absolute Gasteiger partial charge is 0.173 e. The number of ether oxygens (including phenoxy) is 3. The molecule has 2 aliphatic heterocycles. The summed E-state index contributed by atoms with van der Waals surface area (Å²) in [4.78, 5) is 13.2. The highest BCUT2D eigenvalue weighted by atomic mass is 16.7. The molecule has 1 N–H and O–H groups in total. The molecule has 0 radical (unpaired) electrons. The van der Waals surface area contributed by atoms with Crippen molar-refractivity contribution in [3.63, 3.8) is 0 Å². The molecular weight excluding hydrogens is 344 g/mol. The summed E-state index contributed by atoms with van der Waals surface area (Å²) in [5, 5.41) is 11.1. The molecule has 5 atom stereocenters. The second kappa shape index (κ2) is 7.04. The van der Waals surface area contributed by atoms with E-state index in [1.165, 1.54) is 0 Å². The van der Waals surface area contributed by atoms with Crippen LogP contribution in [-0.2, 0) is 19.0 Å². The molecule has 2 heterocycles. The Morgan fingerprint density at radius 2 is 1.85 bits per heavy atom. The van der Waals surface area contributed by atoms with Gasteiger partial charge in [0.2, 0.25) is 0 Å². The minimum atomic E-state index is -0.256. The SMILES string of the molecule is CCOCOC[C@H]1C[C@@H]2O[C@H]1[C@H]1C(O)=C(c3c(C)cc(C)cc3C)C(=O)[C@H]12. The van der Waals surface area contributed by atoms with Crippen molar-refractivity contribution < 1.29 is 24.1 Å². The molecule has 1 aromatic rings. The number of aliphatic hydroxyl groups excluding tert-OH is 1. The summed E-state index contributed by atoms with van der Waals surface area (Å²) in [5.74, 6) is -0.0673. The number of fused-ring (bicyclic) bond motifs is 5. The van der Waals surface area contributed by atoms with Crippen LogP contribution in [0.1, 0.15) is 35.6 Å². The third kappa shape index (κ3) is 2.93. The number of allylic oxidation sites excluding steroid dienone is 1. The van der Waals surface area contributed by atoms with Gasteiger partial charge in [-0.3, -0.25) is 4.79 Å². The highest BCUT2D eigenvalue weighted by molar-refractivity contribution is 6.26. The molecule has 5 heteroatoms. The maximum absolute atomic E-state index is 13.2. The maximum atomic E-state index is 13.2. The zero-order valence-corrected chi connectivity index (χ0v) is 16.5. The highest BCUT2D eigenvalue weighted by Crippen LogP contribution is 2.56. The van der Waals surface area contributed by atoms with Gasteiger partial charge in [0.05, 0.1) is 36.2 Å². The largest absolute Gasteiger partial charge is 0.511 e. The third-order valence-corrected chi connectivity index (χ3v) is 6.22. The lowest BCUT2D eigenvalue weighted by molar-refractivity contribution is -0.119. The summed E-state index contributed by atoms with van der Waals surface area (Å²) in [6.45, 7) is 9.41. The fourth-order valence-corrected chi connectivity index (χ4v) is 5.29. The molecule has 0 spiro atoms. The number of carbonyl (C=O) groups excluding carboxylic acids is 1. The first-order valence-electron chi connectivity index (χ1n) is 9.80. The van der Waals surface area contributed by atoms with Crippen molar-refractivity contribution in [1.82, 2.24) is 0 Å². The van der Waals surface area contributed by atoms with Gasteiger partial charge in [-0.05, 0) is 50.8 Å². The molecule has 4 rings (SSSR count). The summed E-state index contributed by atoms with van der Waals surface area (Å²) < 4.78 is 16.9. The molecule has 0 unspecified atom stereocenters. The first-order valence-corrected chi connectivity index (χ1v) is 9.80. The second-order valence-electron chi connectivity index (χ2n) is 8.07. The van der Waals surface area contributed by atoms with Gasteiger partial charge in [0, 0.05) is 12.5 Å². The van der Waals surface area contributed by atoms with E-state index in [-0.39, 0.29) is 48.3 Å². The number of hydrogen-bond donors (Lipinski definition) is 1. The minimum Gasteiger partial charge on any atom is -0.511 e. The van der Waals surface area contributed by atoms with E-state index in [2.05, 4.69) is 12.1 Å². The Labute approximate surface area is 160 Å². The summed E-state index contributed by atoms with van der Waals surface area (Å²) in [6, 6.07) is 4.14. The van der Waals surface area contributed by atoms with Crippen LogP contribution in [0.2, 0.25) is 0 Å². The van der Waals surface area contributed by atoms with Crippen LogP contribution in [0.5, 0.6) is 0 Å². The lowest BCUT2D eigenvalue weighted by atomic mass is 9.75. The van der Waals surface area contributed by atoms with Gasteiger partial charge in [0.1, 0.15) is 12.6 Å². The van der Waals surface area contributed by atoms with Crippen molar-refractivity contribution in [1.29, 1.82) is 0 Å². The van der Waals surface area contributed by atoms with Crippen LogP contribution in [0.4, 0.5) is 0 Å². The van der Waals surface area contributed by atoms with Crippen LogP contribution in [0.25, 0.3) is 5.57 Å². The predicted molar refractivity (Wildman–Crippen MR) is 101 cm³/mol. The number of ketones is 1. The van der Waals surface area contributed by atoms with E-state index in [4.69, 9.17) is 14.2 Å². The molecule has 2 bridgehead atoms. The van der Waals surface area contributed by atoms with Crippen LogP contribution in [0.3, 0.4) is 0 Å². The van der Waals surface area contributed by atoms with E-state index in [0.29, 0.717) is 18.8 Å². The Morgan fingerprint density at radius 1 is 1.15 bits per heavy atom. The van der Waals surface area contributed by atoms with Crippen molar-refractivity contribution >= 4 is 11.4 Å². The molecule has 0 aromatic heterocycles. The Bertz CT molecular complexity index is 773. The standard InChI is InChI=1S/C22H28O5/c1-5-25-10-26-9-14-8-15-17-19(22(14)27-15)21(24)18(20(17)23)16-12(3)6-11(2)7-13(16)4/h6-7,14-15,17,19,22,24H,5,8-10H2,1-4H3/t14-,15+,17+,19-,22-/m1/s1. The van der Waals surface area contributed by atoms with E-state index in [9.17, 15) is 9.90 Å². The minimum absolute atomic E-state index is 0.0359. The molecular formula is C22H28O5. The first-order chi connectivity index (χ1) is 12.9. The van der Waals surface area contributed by atoms with Gasteiger partial charge in [-0.15, -0.1) is 0 Å². The number of carbonyl (C=O) groups is 1. The van der Waals surface area contributed by atoms with Crippen molar-refractivity contribution in [3.8, 4) is 0 Å². The second-order valence-corrected chi connectivity index (χ2v) is 8.07. The van der Waals surface area contributed by atoms with Gasteiger partial charge in [0.15, 0.2) is 5.78 Å². The van der Waals surface area contributed by atoms with Gasteiger partial charge in [-0.1, -0.05) is 17.7 Å². The summed E-state index contributed by atoms with van der Waals surface area (Å²) in [7, 11) is 0. The Balaban J connectivity index is 1.62. The number of Topliss-reactive ketones (excluding diaryl/α,β-unsaturated/α-hetero) is 1. The molecule has 3 aliphatic rings. The maximum Gasteiger partial charge on any atom is 0.173 e. The van der Waals surface area contributed by atoms with Gasteiger partial charge in [-0.2, -0.15) is 0 Å². The van der Waals surface area contributed by atoms with Crippen LogP contribution in [0.15, 0.2) is 17.9 Å². The summed E-state index contributed by atoms with van der Waals surface area (Å²) in [5.41, 5.74) is 4.63. The lowest BCUT2D eigenvalue weighted by Gasteiger charge is -2.27. The molecule has 2 saturated heterocycles. The summed E-state index contributed by atoms with van der Waals surface area (Å²) in [6.07, 6.45) is 0.517. The zero-order chi connectivity index (χ0) is 19.3. The van der Waals surface area contributed by atoms with Gasteiger partial charge in [-0.25, -0.2) is 0 Å². The topological polar surface area (TPSA) is 65.0 Å². The van der Waals surface area contributed by atoms with Crippen LogP contribution in [-0.4, -0.2) is 43.1 Å². The fourth-order valence-electron chi connectivity index (χ4n) is 5.29. The lowest BCUT2D eigenvalue weighted by Crippen LogP contribution is -2.36. The van der Waals surface area contributed by atoms with Crippen molar-refractivity contribution in [2.75, 3.05) is 20.0 Å². The zero-order valence-electron chi connectivity index (χ0n) is 16.5. The van der Waals surface area contributed by atoms with Gasteiger partial charge < -0.3 is 19.3 Å². The Kier molecular flexibility index (Phi) is 4.87. The van der Waals surface area contributed by atoms with Crippen LogP contribution < -0.4 is 0 Å². The number of aryl methyl sites for hydroxylation is 3. The first kappa shape index (κ1) is 18.7. The molecule has 2 fully saturated rings. The van der Waals surface area contributed by atoms with Crippen LogP contribution in [0, 0.1) is 38.5 Å². The number of rotatable bonds is 6. The molecule has 1 aromatic carbocycles. The highest BCUT2D eigenvalue weighted by Gasteiger charge is 2.62. The molecule has 146 valence electrons. The van der Waals surface area contributed by atoms with Gasteiger partial charge in [0.25, 0.3) is 0 Å². The van der Waals surface area contributed by atoms with E-state index in [1.807, 2.05) is 27.7 Å². The van der Waals surface area contributed by atoms with Crippen LogP contribution >= 0.6 is 0 Å². The monoisotopic (exact) mass is 372 g/mol. The molecule has 5 nitrogen and oxygen atoms in total. The van der Waals surface area contributed by atoms with E-state index in [0.717, 1.165) is 28.7 Å². The number of aliphatic hydroxyl groups is 1. The Morgan fingerprint density at radius 3 is 2.52 bits per heavy atom. The fraction of sp³-hybridized carbons (Fsp3) is 0.591. The predicted octanol–water partition coefficient (Wildman–Crippen LogP) is 3.49. The number of benzene rings is 1. The number of hydrogen-bond acceptors (Lipinski definition) is 5. The Hall–Kier alpha value is -1.69. The van der Waals surface area contributed by atoms with Crippen molar-refractivity contribution in [3.05, 3.63) is 40.1 Å². The molecule has 27 heavy (non-hydrogen) atoms. The van der Waals surface area contributed by atoms with E-state index >= 15 is 0 Å². The van der Waals surface area contributed by atoms with Gasteiger partial charge >= 0.3 is 0 Å². The molecule has 0 amide bonds. The third-order valence-electron chi connectivity index (χ3n) is 6.22. The average molecular weight is 372 g/mol. The van der Waals surface area contributed by atoms with Crippen molar-refractivity contribution in [2.24, 2.45) is 17.8 Å². The van der Waals surface area contributed by atoms with E-state index in [1.54, 1.807) is 0 Å². The van der Waals surface area contributed by atoms with E-state index < -0.39 is 0 Å². The summed E-state index contributed by atoms with van der Waals surface area (Å²) >= 11 is 0. The average Bonchev–Trinajstić information content (AvgIpc) is 3.25. The molecule has 0 saturated carbocycles. The van der Waals surface area contributed by atoms with Crippen molar-refractivity contribution in [2.45, 2.75) is 46.3 Å². The molecule has 1 aliphatic carbocycles. The quantitative estimate of drug-likeness (QED) is 0.612. The normalized spacial score (nSPS) is 31.9.